The Labute approximate surface area is 216 Å². The number of amides is 1. The fraction of sp³-hybridized carbons (Fsp3) is 0.440. The van der Waals surface area contributed by atoms with Crippen LogP contribution in [0.5, 0.6) is 11.5 Å². The molecule has 0 bridgehead atoms. The fourth-order valence-corrected chi connectivity index (χ4v) is 6.69. The number of methoxy groups -OCH3 is 2. The predicted molar refractivity (Wildman–Crippen MR) is 142 cm³/mol. The minimum atomic E-state index is -3.63. The quantitative estimate of drug-likeness (QED) is 0.418. The first-order valence-corrected chi connectivity index (χ1v) is 14.0. The number of aromatic nitrogens is 1. The maximum atomic E-state index is 13.7. The maximum absolute atomic E-state index is 13.7. The van der Waals surface area contributed by atoms with E-state index in [0.29, 0.717) is 49.9 Å². The molecule has 9 nitrogen and oxygen atoms in total. The molecule has 0 aliphatic carbocycles. The third-order valence-electron chi connectivity index (χ3n) is 6.35. The third kappa shape index (κ3) is 5.64. The number of carbonyl (C=O) groups excluding carboxylic acids is 1. The second kappa shape index (κ2) is 11.1. The molecular formula is C25H32N4O5S2. The Morgan fingerprint density at radius 2 is 1.67 bits per heavy atom. The van der Waals surface area contributed by atoms with E-state index in [4.69, 9.17) is 14.5 Å². The second-order valence-corrected chi connectivity index (χ2v) is 11.9. The molecule has 0 unspecified atom stereocenters. The summed E-state index contributed by atoms with van der Waals surface area (Å²) >= 11 is 1.46. The van der Waals surface area contributed by atoms with E-state index >= 15 is 0 Å². The van der Waals surface area contributed by atoms with Gasteiger partial charge >= 0.3 is 0 Å². The van der Waals surface area contributed by atoms with Crippen LogP contribution in [0.4, 0.5) is 5.13 Å². The Morgan fingerprint density at radius 3 is 2.28 bits per heavy atom. The number of hydrogen-bond acceptors (Lipinski definition) is 8. The molecule has 0 saturated carbocycles. The summed E-state index contributed by atoms with van der Waals surface area (Å²) in [5, 5.41) is 0.651. The number of thiazole rings is 1. The topological polar surface area (TPSA) is 92.3 Å². The Hall–Kier alpha value is -2.73. The van der Waals surface area contributed by atoms with Crippen LogP contribution in [0.1, 0.15) is 12.8 Å². The van der Waals surface area contributed by atoms with Gasteiger partial charge in [-0.1, -0.05) is 11.3 Å². The lowest BCUT2D eigenvalue weighted by Crippen LogP contribution is -2.46. The highest BCUT2D eigenvalue weighted by atomic mass is 32.2. The van der Waals surface area contributed by atoms with Crippen LogP contribution in [-0.2, 0) is 14.8 Å². The molecule has 1 fully saturated rings. The lowest BCUT2D eigenvalue weighted by Gasteiger charge is -2.33. The van der Waals surface area contributed by atoms with Crippen molar-refractivity contribution < 1.29 is 22.7 Å². The monoisotopic (exact) mass is 532 g/mol. The zero-order valence-corrected chi connectivity index (χ0v) is 22.6. The normalized spacial score (nSPS) is 15.4. The number of carbonyl (C=O) groups is 1. The van der Waals surface area contributed by atoms with E-state index in [-0.39, 0.29) is 16.7 Å². The van der Waals surface area contributed by atoms with E-state index in [1.54, 1.807) is 36.3 Å². The molecule has 1 saturated heterocycles. The van der Waals surface area contributed by atoms with Crippen molar-refractivity contribution in [3.05, 3.63) is 42.5 Å². The molecule has 0 spiro atoms. The van der Waals surface area contributed by atoms with Gasteiger partial charge < -0.3 is 14.4 Å². The zero-order chi connectivity index (χ0) is 25.9. The van der Waals surface area contributed by atoms with Gasteiger partial charge in [0.05, 0.1) is 29.3 Å². The van der Waals surface area contributed by atoms with Gasteiger partial charge in [0.15, 0.2) is 5.13 Å². The first-order chi connectivity index (χ1) is 17.2. The number of benzene rings is 2. The van der Waals surface area contributed by atoms with Crippen molar-refractivity contribution in [1.82, 2.24) is 14.2 Å². The SMILES string of the molecule is COc1ccc(S(=O)(=O)N2CCC(C(=O)N(CCN(C)C)c3nc4ccc(OC)cc4s3)CC2)cc1. The van der Waals surface area contributed by atoms with Crippen LogP contribution in [-0.4, -0.2) is 83.0 Å². The Balaban J connectivity index is 1.49. The molecule has 36 heavy (non-hydrogen) atoms. The van der Waals surface area contributed by atoms with Gasteiger partial charge in [0.25, 0.3) is 0 Å². The molecule has 3 aromatic rings. The number of nitrogens with zero attached hydrogens (tertiary/aromatic N) is 4. The molecule has 194 valence electrons. The van der Waals surface area contributed by atoms with Gasteiger partial charge in [-0.05, 0) is 69.4 Å². The van der Waals surface area contributed by atoms with Gasteiger partial charge in [-0.3, -0.25) is 9.69 Å². The molecule has 0 radical (unpaired) electrons. The molecule has 4 rings (SSSR count). The summed E-state index contributed by atoms with van der Waals surface area (Å²) in [5.74, 6) is 1.07. The highest BCUT2D eigenvalue weighted by Crippen LogP contribution is 2.33. The summed E-state index contributed by atoms with van der Waals surface area (Å²) < 4.78 is 39.1. The number of ether oxygens (including phenoxy) is 2. The highest BCUT2D eigenvalue weighted by Gasteiger charge is 2.35. The van der Waals surface area contributed by atoms with Crippen LogP contribution >= 0.6 is 11.3 Å². The number of hydrogen-bond donors (Lipinski definition) is 0. The number of rotatable bonds is 9. The van der Waals surface area contributed by atoms with Gasteiger partial charge in [-0.2, -0.15) is 4.31 Å². The smallest absolute Gasteiger partial charge is 0.243 e. The Morgan fingerprint density at radius 1 is 1.03 bits per heavy atom. The first-order valence-electron chi connectivity index (χ1n) is 11.8. The average Bonchev–Trinajstić information content (AvgIpc) is 3.31. The van der Waals surface area contributed by atoms with Gasteiger partial charge in [-0.25, -0.2) is 13.4 Å². The minimum absolute atomic E-state index is 0.00985. The summed E-state index contributed by atoms with van der Waals surface area (Å²) in [6, 6.07) is 12.1. The molecule has 11 heteroatoms. The van der Waals surface area contributed by atoms with Crippen molar-refractivity contribution >= 4 is 42.6 Å². The summed E-state index contributed by atoms with van der Waals surface area (Å²) in [6.07, 6.45) is 0.927. The van der Waals surface area contributed by atoms with Crippen molar-refractivity contribution in [3.63, 3.8) is 0 Å². The van der Waals surface area contributed by atoms with Crippen molar-refractivity contribution in [2.24, 2.45) is 5.92 Å². The molecule has 0 N–H and O–H groups in total. The minimum Gasteiger partial charge on any atom is -0.497 e. The Kier molecular flexibility index (Phi) is 8.13. The number of fused-ring (bicyclic) bond motifs is 1. The van der Waals surface area contributed by atoms with E-state index < -0.39 is 10.0 Å². The van der Waals surface area contributed by atoms with Crippen LogP contribution in [0.15, 0.2) is 47.4 Å². The average molecular weight is 533 g/mol. The van der Waals surface area contributed by atoms with Gasteiger partial charge in [-0.15, -0.1) is 0 Å². The van der Waals surface area contributed by atoms with Gasteiger partial charge in [0.2, 0.25) is 15.9 Å². The van der Waals surface area contributed by atoms with Crippen molar-refractivity contribution in [2.75, 3.05) is 59.4 Å². The Bertz CT molecular complexity index is 1300. The molecule has 0 atom stereocenters. The molecule has 2 aromatic carbocycles. The molecule has 1 aliphatic rings. The fourth-order valence-electron chi connectivity index (χ4n) is 4.20. The van der Waals surface area contributed by atoms with Gasteiger partial charge in [0.1, 0.15) is 11.5 Å². The third-order valence-corrected chi connectivity index (χ3v) is 9.31. The number of anilines is 1. The van der Waals surface area contributed by atoms with E-state index in [9.17, 15) is 13.2 Å². The van der Waals surface area contributed by atoms with Gasteiger partial charge in [0, 0.05) is 32.1 Å². The van der Waals surface area contributed by atoms with Crippen molar-refractivity contribution in [3.8, 4) is 11.5 Å². The number of likely N-dealkylation sites (N-methyl/N-ethyl adjacent to an activating group) is 1. The maximum Gasteiger partial charge on any atom is 0.243 e. The summed E-state index contributed by atoms with van der Waals surface area (Å²) in [6.45, 7) is 1.79. The van der Waals surface area contributed by atoms with E-state index in [1.807, 2.05) is 37.2 Å². The second-order valence-electron chi connectivity index (χ2n) is 8.98. The molecular weight excluding hydrogens is 500 g/mol. The van der Waals surface area contributed by atoms with Crippen molar-refractivity contribution in [2.45, 2.75) is 17.7 Å². The zero-order valence-electron chi connectivity index (χ0n) is 21.0. The molecule has 2 heterocycles. The summed E-state index contributed by atoms with van der Waals surface area (Å²) in [7, 11) is 3.47. The summed E-state index contributed by atoms with van der Waals surface area (Å²) in [5.41, 5.74) is 0.818. The first kappa shape index (κ1) is 26.3. The molecule has 1 aromatic heterocycles. The largest absolute Gasteiger partial charge is 0.497 e. The van der Waals surface area contributed by atoms with Crippen LogP contribution < -0.4 is 14.4 Å². The highest BCUT2D eigenvalue weighted by molar-refractivity contribution is 7.89. The van der Waals surface area contributed by atoms with E-state index in [1.165, 1.54) is 22.8 Å². The standard InChI is InChI=1S/C25H32N4O5S2/c1-27(2)15-16-29(25-26-22-10-7-20(34-4)17-23(22)35-25)24(30)18-11-13-28(14-12-18)36(31,32)21-8-5-19(33-3)6-9-21/h5-10,17-18H,11-16H2,1-4H3. The lowest BCUT2D eigenvalue weighted by molar-refractivity contribution is -0.123. The number of piperidine rings is 1. The van der Waals surface area contributed by atoms with Crippen LogP contribution in [0.25, 0.3) is 10.2 Å². The van der Waals surface area contributed by atoms with Crippen LogP contribution in [0.3, 0.4) is 0 Å². The van der Waals surface area contributed by atoms with Crippen LogP contribution in [0, 0.1) is 5.92 Å². The van der Waals surface area contributed by atoms with E-state index in [0.717, 1.165) is 16.0 Å². The van der Waals surface area contributed by atoms with Crippen molar-refractivity contribution in [1.29, 1.82) is 0 Å². The summed E-state index contributed by atoms with van der Waals surface area (Å²) in [4.78, 5) is 22.4. The van der Waals surface area contributed by atoms with E-state index in [2.05, 4.69) is 0 Å². The molecule has 1 aliphatic heterocycles. The molecule has 1 amide bonds. The number of sulfonamides is 1. The predicted octanol–water partition coefficient (Wildman–Crippen LogP) is 3.31. The van der Waals surface area contributed by atoms with Crippen LogP contribution in [0.2, 0.25) is 0 Å². The lowest BCUT2D eigenvalue weighted by atomic mass is 9.96.